The Balaban J connectivity index is 2.71. The predicted octanol–water partition coefficient (Wildman–Crippen LogP) is 1.56. The van der Waals surface area contributed by atoms with Gasteiger partial charge in [-0.05, 0) is 31.0 Å². The van der Waals surface area contributed by atoms with E-state index in [-0.39, 0.29) is 5.56 Å². The van der Waals surface area contributed by atoms with Crippen molar-refractivity contribution in [1.29, 1.82) is 0 Å². The number of benzene rings is 1. The van der Waals surface area contributed by atoms with Gasteiger partial charge in [-0.15, -0.1) is 0 Å². The van der Waals surface area contributed by atoms with Crippen molar-refractivity contribution in [1.82, 2.24) is 10.3 Å². The van der Waals surface area contributed by atoms with Crippen LogP contribution in [0, 0.1) is 6.92 Å². The zero-order valence-electron chi connectivity index (χ0n) is 8.92. The van der Waals surface area contributed by atoms with Crippen LogP contribution < -0.4 is 10.9 Å². The average molecular weight is 202 g/mol. The van der Waals surface area contributed by atoms with Gasteiger partial charge in [-0.2, -0.15) is 0 Å². The third-order valence-corrected chi connectivity index (χ3v) is 2.53. The molecule has 2 N–H and O–H groups in total. The Morgan fingerprint density at radius 2 is 2.20 bits per heavy atom. The molecule has 0 aliphatic carbocycles. The molecule has 0 amide bonds. The second-order valence-corrected chi connectivity index (χ2v) is 3.69. The zero-order chi connectivity index (χ0) is 10.8. The maximum Gasteiger partial charge on any atom is 0.252 e. The van der Waals surface area contributed by atoms with Crippen LogP contribution >= 0.6 is 0 Å². The fraction of sp³-hybridized carbons (Fsp3) is 0.250. The van der Waals surface area contributed by atoms with Gasteiger partial charge in [0.25, 0.3) is 5.56 Å². The second-order valence-electron chi connectivity index (χ2n) is 3.69. The number of pyridine rings is 1. The Labute approximate surface area is 88.1 Å². The monoisotopic (exact) mass is 202 g/mol. The number of fused-ring (bicyclic) bond motifs is 1. The Bertz CT molecular complexity index is 543. The van der Waals surface area contributed by atoms with Crippen molar-refractivity contribution < 1.29 is 0 Å². The number of hydrogen-bond acceptors (Lipinski definition) is 2. The number of hydrogen-bond donors (Lipinski definition) is 2. The summed E-state index contributed by atoms with van der Waals surface area (Å²) < 4.78 is 0. The maximum atomic E-state index is 11.7. The van der Waals surface area contributed by atoms with Crippen LogP contribution in [0.4, 0.5) is 0 Å². The van der Waals surface area contributed by atoms with Crippen LogP contribution in [-0.2, 0) is 6.54 Å². The van der Waals surface area contributed by atoms with E-state index in [1.165, 1.54) is 0 Å². The van der Waals surface area contributed by atoms with Crippen LogP contribution in [0.1, 0.15) is 11.1 Å². The predicted molar refractivity (Wildman–Crippen MR) is 62.1 cm³/mol. The molecule has 1 heterocycles. The summed E-state index contributed by atoms with van der Waals surface area (Å²) in [4.78, 5) is 14.6. The molecule has 1 aromatic carbocycles. The van der Waals surface area contributed by atoms with Crippen LogP contribution in [-0.4, -0.2) is 12.0 Å². The van der Waals surface area contributed by atoms with Gasteiger partial charge in [-0.3, -0.25) is 4.79 Å². The summed E-state index contributed by atoms with van der Waals surface area (Å²) in [5.41, 5.74) is 2.80. The van der Waals surface area contributed by atoms with E-state index in [2.05, 4.69) is 10.3 Å². The number of nitrogens with one attached hydrogen (secondary N) is 2. The lowest BCUT2D eigenvalue weighted by molar-refractivity contribution is 0.807. The van der Waals surface area contributed by atoms with Crippen LogP contribution in [0.5, 0.6) is 0 Å². The summed E-state index contributed by atoms with van der Waals surface area (Å²) in [6, 6.07) is 7.95. The lowest BCUT2D eigenvalue weighted by atomic mass is 10.1. The number of aromatic nitrogens is 1. The molecule has 78 valence electrons. The number of rotatable bonds is 2. The largest absolute Gasteiger partial charge is 0.321 e. The van der Waals surface area contributed by atoms with E-state index in [4.69, 9.17) is 0 Å². The number of H-pyrrole nitrogens is 1. The summed E-state index contributed by atoms with van der Waals surface area (Å²) in [5.74, 6) is 0. The van der Waals surface area contributed by atoms with Gasteiger partial charge >= 0.3 is 0 Å². The first-order valence-electron chi connectivity index (χ1n) is 4.98. The lowest BCUT2D eigenvalue weighted by Crippen LogP contribution is -2.18. The molecular weight excluding hydrogens is 188 g/mol. The molecular formula is C12H14N2O. The minimum atomic E-state index is -0.00819. The fourth-order valence-electron chi connectivity index (χ4n) is 1.75. The van der Waals surface area contributed by atoms with E-state index < -0.39 is 0 Å². The molecule has 0 bridgehead atoms. The molecule has 0 aliphatic heterocycles. The first kappa shape index (κ1) is 9.93. The standard InChI is InChI=1S/C12H14N2O/c1-8-4-3-5-9-6-10(7-13-2)12(15)14-11(8)9/h3-6,13H,7H2,1-2H3,(H,14,15). The molecule has 0 unspecified atom stereocenters. The molecule has 0 saturated heterocycles. The fourth-order valence-corrected chi connectivity index (χ4v) is 1.75. The van der Waals surface area contributed by atoms with Crippen molar-refractivity contribution in [3.8, 4) is 0 Å². The van der Waals surface area contributed by atoms with Crippen LogP contribution in [0.2, 0.25) is 0 Å². The molecule has 0 saturated carbocycles. The van der Waals surface area contributed by atoms with Gasteiger partial charge in [0, 0.05) is 12.1 Å². The van der Waals surface area contributed by atoms with E-state index in [0.29, 0.717) is 6.54 Å². The summed E-state index contributed by atoms with van der Waals surface area (Å²) >= 11 is 0. The third kappa shape index (κ3) is 1.78. The summed E-state index contributed by atoms with van der Waals surface area (Å²) in [6.07, 6.45) is 0. The van der Waals surface area contributed by atoms with E-state index in [1.54, 1.807) is 0 Å². The smallest absolute Gasteiger partial charge is 0.252 e. The molecule has 2 rings (SSSR count). The van der Waals surface area contributed by atoms with Crippen molar-refractivity contribution in [2.45, 2.75) is 13.5 Å². The molecule has 3 nitrogen and oxygen atoms in total. The molecule has 0 spiro atoms. The topological polar surface area (TPSA) is 44.9 Å². The van der Waals surface area contributed by atoms with E-state index >= 15 is 0 Å². The summed E-state index contributed by atoms with van der Waals surface area (Å²) in [5, 5.41) is 4.07. The Morgan fingerprint density at radius 3 is 2.93 bits per heavy atom. The van der Waals surface area contributed by atoms with Crippen molar-refractivity contribution in [2.24, 2.45) is 0 Å². The minimum Gasteiger partial charge on any atom is -0.321 e. The molecule has 2 aromatic rings. The van der Waals surface area contributed by atoms with Gasteiger partial charge in [0.15, 0.2) is 0 Å². The quantitative estimate of drug-likeness (QED) is 0.776. The Kier molecular flexibility index (Phi) is 2.56. The van der Waals surface area contributed by atoms with Crippen molar-refractivity contribution in [3.63, 3.8) is 0 Å². The molecule has 0 radical (unpaired) electrons. The first-order valence-corrected chi connectivity index (χ1v) is 4.98. The van der Waals surface area contributed by atoms with Crippen molar-refractivity contribution in [2.75, 3.05) is 7.05 Å². The highest BCUT2D eigenvalue weighted by Crippen LogP contribution is 2.14. The number of aromatic amines is 1. The molecule has 15 heavy (non-hydrogen) atoms. The van der Waals surface area contributed by atoms with Crippen LogP contribution in [0.25, 0.3) is 10.9 Å². The van der Waals surface area contributed by atoms with E-state index in [9.17, 15) is 4.79 Å². The highest BCUT2D eigenvalue weighted by Gasteiger charge is 2.02. The van der Waals surface area contributed by atoms with Gasteiger partial charge in [-0.25, -0.2) is 0 Å². The minimum absolute atomic E-state index is 0.00819. The van der Waals surface area contributed by atoms with Gasteiger partial charge in [0.05, 0.1) is 5.52 Å². The zero-order valence-corrected chi connectivity index (χ0v) is 8.92. The average Bonchev–Trinajstić information content (AvgIpc) is 2.21. The number of aryl methyl sites for hydroxylation is 1. The van der Waals surface area contributed by atoms with Gasteiger partial charge in [0.2, 0.25) is 0 Å². The Hall–Kier alpha value is -1.61. The molecule has 0 fully saturated rings. The summed E-state index contributed by atoms with van der Waals surface area (Å²) in [6.45, 7) is 2.59. The van der Waals surface area contributed by atoms with Crippen molar-refractivity contribution in [3.05, 3.63) is 45.7 Å². The molecule has 3 heteroatoms. The van der Waals surface area contributed by atoms with Gasteiger partial charge < -0.3 is 10.3 Å². The number of para-hydroxylation sites is 1. The highest BCUT2D eigenvalue weighted by atomic mass is 16.1. The third-order valence-electron chi connectivity index (χ3n) is 2.53. The highest BCUT2D eigenvalue weighted by molar-refractivity contribution is 5.81. The van der Waals surface area contributed by atoms with E-state index in [0.717, 1.165) is 22.0 Å². The maximum absolute atomic E-state index is 11.7. The Morgan fingerprint density at radius 1 is 1.40 bits per heavy atom. The summed E-state index contributed by atoms with van der Waals surface area (Å²) in [7, 11) is 1.83. The van der Waals surface area contributed by atoms with Gasteiger partial charge in [-0.1, -0.05) is 18.2 Å². The van der Waals surface area contributed by atoms with Gasteiger partial charge in [0.1, 0.15) is 0 Å². The lowest BCUT2D eigenvalue weighted by Gasteiger charge is -2.04. The first-order chi connectivity index (χ1) is 7.22. The molecule has 1 aromatic heterocycles. The van der Waals surface area contributed by atoms with Crippen molar-refractivity contribution >= 4 is 10.9 Å². The molecule has 0 atom stereocenters. The SMILES string of the molecule is CNCc1cc2cccc(C)c2[nH]c1=O. The molecule has 0 aliphatic rings. The van der Waals surface area contributed by atoms with Crippen LogP contribution in [0.15, 0.2) is 29.1 Å². The second kappa shape index (κ2) is 3.87. The normalized spacial score (nSPS) is 10.8. The van der Waals surface area contributed by atoms with E-state index in [1.807, 2.05) is 38.2 Å². The van der Waals surface area contributed by atoms with Crippen LogP contribution in [0.3, 0.4) is 0 Å².